The molecule has 2 heterocycles. The van der Waals surface area contributed by atoms with E-state index in [1.54, 1.807) is 30.3 Å². The molecule has 1 saturated heterocycles. The van der Waals surface area contributed by atoms with Gasteiger partial charge in [-0.3, -0.25) is 4.90 Å². The van der Waals surface area contributed by atoms with Gasteiger partial charge in [-0.2, -0.15) is 0 Å². The van der Waals surface area contributed by atoms with E-state index in [1.807, 2.05) is 6.92 Å². The van der Waals surface area contributed by atoms with Gasteiger partial charge in [-0.1, -0.05) is 11.6 Å². The van der Waals surface area contributed by atoms with Crippen molar-refractivity contribution < 1.29 is 23.8 Å². The molecule has 0 radical (unpaired) electrons. The summed E-state index contributed by atoms with van der Waals surface area (Å²) in [6.45, 7) is 3.08. The molecule has 3 rings (SSSR count). The molecule has 1 aliphatic rings. The highest BCUT2D eigenvalue weighted by Crippen LogP contribution is 2.24. The molecule has 0 spiro atoms. The van der Waals surface area contributed by atoms with Gasteiger partial charge in [0.25, 0.3) is 0 Å². The summed E-state index contributed by atoms with van der Waals surface area (Å²) in [4.78, 5) is 29.4. The van der Waals surface area contributed by atoms with Crippen molar-refractivity contribution in [1.82, 2.24) is 4.98 Å². The van der Waals surface area contributed by atoms with Crippen LogP contribution in [0.25, 0.3) is 0 Å². The van der Waals surface area contributed by atoms with Gasteiger partial charge < -0.3 is 14.2 Å². The summed E-state index contributed by atoms with van der Waals surface area (Å²) in [7, 11) is 0. The van der Waals surface area contributed by atoms with Crippen molar-refractivity contribution in [3.8, 4) is 11.6 Å². The Labute approximate surface area is 149 Å². The van der Waals surface area contributed by atoms with Crippen LogP contribution in [0.15, 0.2) is 36.4 Å². The van der Waals surface area contributed by atoms with Gasteiger partial charge in [0.2, 0.25) is 5.88 Å². The van der Waals surface area contributed by atoms with E-state index < -0.39 is 12.1 Å². The number of ether oxygens (including phenoxy) is 3. The Morgan fingerprint density at radius 3 is 2.68 bits per heavy atom. The molecule has 0 atom stereocenters. The molecular weight excluding hydrogens is 348 g/mol. The largest absolute Gasteiger partial charge is 0.478 e. The van der Waals surface area contributed by atoms with E-state index in [-0.39, 0.29) is 10.7 Å². The highest BCUT2D eigenvalue weighted by atomic mass is 35.5. The predicted molar refractivity (Wildman–Crippen MR) is 90.5 cm³/mol. The number of cyclic esters (lactones) is 1. The van der Waals surface area contributed by atoms with Crippen LogP contribution in [0.3, 0.4) is 0 Å². The summed E-state index contributed by atoms with van der Waals surface area (Å²) in [5.74, 6) is -0.0948. The number of carbonyl (C=O) groups is 2. The normalized spacial score (nSPS) is 13.5. The lowest BCUT2D eigenvalue weighted by Crippen LogP contribution is -2.23. The number of amides is 1. The molecule has 0 aliphatic carbocycles. The molecular formula is C17H15ClN2O5. The van der Waals surface area contributed by atoms with E-state index in [0.29, 0.717) is 37.1 Å². The molecule has 1 aliphatic heterocycles. The van der Waals surface area contributed by atoms with E-state index in [4.69, 9.17) is 25.8 Å². The molecule has 130 valence electrons. The van der Waals surface area contributed by atoms with Crippen LogP contribution < -0.4 is 14.4 Å². The Bertz CT molecular complexity index is 794. The van der Waals surface area contributed by atoms with E-state index in [9.17, 15) is 9.59 Å². The molecule has 0 N–H and O–H groups in total. The Hall–Kier alpha value is -2.80. The lowest BCUT2D eigenvalue weighted by molar-refractivity contribution is 0.0727. The Kier molecular flexibility index (Phi) is 5.04. The topological polar surface area (TPSA) is 78.0 Å². The summed E-state index contributed by atoms with van der Waals surface area (Å²) >= 11 is 6.01. The van der Waals surface area contributed by atoms with Crippen molar-refractivity contribution in [2.24, 2.45) is 0 Å². The average molecular weight is 363 g/mol. The lowest BCUT2D eigenvalue weighted by Gasteiger charge is -2.13. The van der Waals surface area contributed by atoms with Crippen LogP contribution in [-0.4, -0.2) is 36.8 Å². The van der Waals surface area contributed by atoms with Gasteiger partial charge in [-0.25, -0.2) is 14.6 Å². The highest BCUT2D eigenvalue weighted by molar-refractivity contribution is 6.33. The summed E-state index contributed by atoms with van der Waals surface area (Å²) in [5, 5.41) is 0.171. The standard InChI is InChI=1S/C17H15ClN2O5/c1-2-23-14-8-7-13(18)15(19-14)16(21)25-12-5-3-11(4-6-12)20-9-10-24-17(20)22/h3-8H,2,9-10H2,1H3. The predicted octanol–water partition coefficient (Wildman–Crippen LogP) is 3.31. The average Bonchev–Trinajstić information content (AvgIpc) is 3.03. The minimum absolute atomic E-state index is 0.0280. The molecule has 1 aromatic heterocycles. The van der Waals surface area contributed by atoms with E-state index in [2.05, 4.69) is 4.98 Å². The van der Waals surface area contributed by atoms with Crippen molar-refractivity contribution in [3.63, 3.8) is 0 Å². The van der Waals surface area contributed by atoms with Crippen LogP contribution in [0.2, 0.25) is 5.02 Å². The van der Waals surface area contributed by atoms with Crippen LogP contribution in [0, 0.1) is 0 Å². The molecule has 0 unspecified atom stereocenters. The number of esters is 1. The highest BCUT2D eigenvalue weighted by Gasteiger charge is 2.23. The molecule has 8 heteroatoms. The first-order valence-corrected chi connectivity index (χ1v) is 8.02. The maximum atomic E-state index is 12.3. The van der Waals surface area contributed by atoms with E-state index >= 15 is 0 Å². The fourth-order valence-corrected chi connectivity index (χ4v) is 2.46. The van der Waals surface area contributed by atoms with Crippen LogP contribution in [0.1, 0.15) is 17.4 Å². The molecule has 7 nitrogen and oxygen atoms in total. The minimum atomic E-state index is -0.695. The number of rotatable bonds is 5. The first-order valence-electron chi connectivity index (χ1n) is 7.64. The van der Waals surface area contributed by atoms with Crippen LogP contribution in [0.4, 0.5) is 10.5 Å². The Morgan fingerprint density at radius 1 is 1.28 bits per heavy atom. The van der Waals surface area contributed by atoms with Crippen molar-refractivity contribution >= 4 is 29.4 Å². The van der Waals surface area contributed by atoms with Crippen molar-refractivity contribution in [3.05, 3.63) is 47.1 Å². The first-order chi connectivity index (χ1) is 12.1. The number of nitrogens with zero attached hydrogens (tertiary/aromatic N) is 2. The summed E-state index contributed by atoms with van der Waals surface area (Å²) in [6, 6.07) is 9.60. The third kappa shape index (κ3) is 3.83. The number of anilines is 1. The van der Waals surface area contributed by atoms with Gasteiger partial charge in [-0.05, 0) is 37.3 Å². The summed E-state index contributed by atoms with van der Waals surface area (Å²) in [6.07, 6.45) is -0.395. The third-order valence-corrected chi connectivity index (χ3v) is 3.73. The second kappa shape index (κ2) is 7.40. The molecule has 1 amide bonds. The maximum absolute atomic E-state index is 12.3. The molecule has 1 aromatic carbocycles. The second-order valence-corrected chi connectivity index (χ2v) is 5.47. The Morgan fingerprint density at radius 2 is 2.04 bits per heavy atom. The zero-order valence-corrected chi connectivity index (χ0v) is 14.2. The minimum Gasteiger partial charge on any atom is -0.478 e. The fourth-order valence-electron chi connectivity index (χ4n) is 2.27. The van der Waals surface area contributed by atoms with Gasteiger partial charge in [-0.15, -0.1) is 0 Å². The van der Waals surface area contributed by atoms with Crippen LogP contribution in [-0.2, 0) is 4.74 Å². The van der Waals surface area contributed by atoms with Crippen LogP contribution in [0.5, 0.6) is 11.6 Å². The van der Waals surface area contributed by atoms with Crippen molar-refractivity contribution in [2.45, 2.75) is 6.92 Å². The van der Waals surface area contributed by atoms with E-state index in [1.165, 1.54) is 11.0 Å². The molecule has 2 aromatic rings. The number of aromatic nitrogens is 1. The number of carbonyl (C=O) groups excluding carboxylic acids is 2. The Balaban J connectivity index is 1.73. The second-order valence-electron chi connectivity index (χ2n) is 5.06. The van der Waals surface area contributed by atoms with Crippen molar-refractivity contribution in [1.29, 1.82) is 0 Å². The van der Waals surface area contributed by atoms with Gasteiger partial charge >= 0.3 is 12.1 Å². The molecule has 0 bridgehead atoms. The first kappa shape index (κ1) is 17.0. The number of hydrogen-bond donors (Lipinski definition) is 0. The van der Waals surface area contributed by atoms with E-state index in [0.717, 1.165) is 0 Å². The number of pyridine rings is 1. The quantitative estimate of drug-likeness (QED) is 0.600. The van der Waals surface area contributed by atoms with Gasteiger partial charge in [0, 0.05) is 11.8 Å². The zero-order valence-electron chi connectivity index (χ0n) is 13.4. The number of halogens is 1. The fraction of sp³-hybridized carbons (Fsp3) is 0.235. The summed E-state index contributed by atoms with van der Waals surface area (Å²) < 4.78 is 15.4. The lowest BCUT2D eigenvalue weighted by atomic mass is 10.3. The van der Waals surface area contributed by atoms with Crippen molar-refractivity contribution in [2.75, 3.05) is 24.7 Å². The summed E-state index contributed by atoms with van der Waals surface area (Å²) in [5.41, 5.74) is 0.636. The van der Waals surface area contributed by atoms with Gasteiger partial charge in [0.05, 0.1) is 18.2 Å². The molecule has 1 fully saturated rings. The smallest absolute Gasteiger partial charge is 0.414 e. The molecule has 25 heavy (non-hydrogen) atoms. The maximum Gasteiger partial charge on any atom is 0.414 e. The zero-order chi connectivity index (χ0) is 17.8. The SMILES string of the molecule is CCOc1ccc(Cl)c(C(=O)Oc2ccc(N3CCOC3=O)cc2)n1. The third-order valence-electron chi connectivity index (χ3n) is 3.43. The number of benzene rings is 1. The molecule has 0 saturated carbocycles. The number of hydrogen-bond acceptors (Lipinski definition) is 6. The van der Waals surface area contributed by atoms with Gasteiger partial charge in [0.15, 0.2) is 5.69 Å². The monoisotopic (exact) mass is 362 g/mol. The van der Waals surface area contributed by atoms with Crippen LogP contribution >= 0.6 is 11.6 Å². The van der Waals surface area contributed by atoms with Gasteiger partial charge in [0.1, 0.15) is 12.4 Å².